The van der Waals surface area contributed by atoms with Crippen LogP contribution in [0.5, 0.6) is 0 Å². The fourth-order valence-corrected chi connectivity index (χ4v) is 1.70. The van der Waals surface area contributed by atoms with Gasteiger partial charge in [-0.2, -0.15) is 0 Å². The second kappa shape index (κ2) is 3.38. The van der Waals surface area contributed by atoms with E-state index in [1.807, 2.05) is 32.0 Å². The molecular weight excluding hydrogens is 192 g/mol. The molecule has 0 amide bonds. The summed E-state index contributed by atoms with van der Waals surface area (Å²) in [5.74, 6) is 0. The molecule has 15 heavy (non-hydrogen) atoms. The van der Waals surface area contributed by atoms with Crippen molar-refractivity contribution in [2.45, 2.75) is 19.9 Å². The highest BCUT2D eigenvalue weighted by molar-refractivity contribution is 5.74. The van der Waals surface area contributed by atoms with Gasteiger partial charge in [0.05, 0.1) is 11.0 Å². The second-order valence-corrected chi connectivity index (χ2v) is 3.74. The lowest BCUT2D eigenvalue weighted by Crippen LogP contribution is -2.37. The summed E-state index contributed by atoms with van der Waals surface area (Å²) in [4.78, 5) is 25.6. The van der Waals surface area contributed by atoms with Crippen molar-refractivity contribution in [1.82, 2.24) is 9.55 Å². The van der Waals surface area contributed by atoms with Crippen LogP contribution in [0.4, 0.5) is 0 Å². The summed E-state index contributed by atoms with van der Waals surface area (Å²) in [6.45, 7) is 3.76. The van der Waals surface area contributed by atoms with Crippen LogP contribution in [0.3, 0.4) is 0 Å². The number of hydrogen-bond donors (Lipinski definition) is 1. The van der Waals surface area contributed by atoms with Crippen LogP contribution in [0.25, 0.3) is 11.0 Å². The molecule has 0 aliphatic rings. The highest BCUT2D eigenvalue weighted by atomic mass is 16.2. The van der Waals surface area contributed by atoms with E-state index >= 15 is 0 Å². The van der Waals surface area contributed by atoms with E-state index in [1.165, 1.54) is 4.57 Å². The van der Waals surface area contributed by atoms with Crippen molar-refractivity contribution in [1.29, 1.82) is 0 Å². The monoisotopic (exact) mass is 204 g/mol. The minimum atomic E-state index is -0.567. The van der Waals surface area contributed by atoms with Gasteiger partial charge >= 0.3 is 11.1 Å². The Kier molecular flexibility index (Phi) is 2.19. The first-order valence-electron chi connectivity index (χ1n) is 4.85. The highest BCUT2D eigenvalue weighted by Gasteiger charge is 2.08. The Balaban J connectivity index is 3.03. The molecule has 0 spiro atoms. The Morgan fingerprint density at radius 1 is 1.20 bits per heavy atom. The molecule has 78 valence electrons. The van der Waals surface area contributed by atoms with Crippen LogP contribution < -0.4 is 11.1 Å². The van der Waals surface area contributed by atoms with Crippen molar-refractivity contribution < 1.29 is 0 Å². The lowest BCUT2D eigenvalue weighted by molar-refractivity contribution is 0.593. The van der Waals surface area contributed by atoms with Crippen LogP contribution in [0.15, 0.2) is 33.9 Å². The Morgan fingerprint density at radius 2 is 1.87 bits per heavy atom. The van der Waals surface area contributed by atoms with Crippen molar-refractivity contribution >= 4 is 11.0 Å². The number of H-pyrrole nitrogens is 1. The Morgan fingerprint density at radius 3 is 2.53 bits per heavy atom. The van der Waals surface area contributed by atoms with Gasteiger partial charge in [0, 0.05) is 6.04 Å². The first kappa shape index (κ1) is 9.71. The Bertz CT molecular complexity index is 608. The maximum absolute atomic E-state index is 11.6. The molecule has 0 radical (unpaired) electrons. The first-order chi connectivity index (χ1) is 7.11. The van der Waals surface area contributed by atoms with Gasteiger partial charge in [0.15, 0.2) is 0 Å². The molecule has 0 saturated carbocycles. The number of benzene rings is 1. The number of nitrogens with one attached hydrogen (secondary N) is 1. The predicted molar refractivity (Wildman–Crippen MR) is 59.2 cm³/mol. The summed E-state index contributed by atoms with van der Waals surface area (Å²) >= 11 is 0. The van der Waals surface area contributed by atoms with Gasteiger partial charge in [-0.3, -0.25) is 14.2 Å². The molecule has 0 aliphatic heterocycles. The molecule has 1 N–H and O–H groups in total. The van der Waals surface area contributed by atoms with E-state index in [0.29, 0.717) is 5.52 Å². The van der Waals surface area contributed by atoms with E-state index in [0.717, 1.165) is 5.52 Å². The summed E-state index contributed by atoms with van der Waals surface area (Å²) in [6.07, 6.45) is 0. The standard InChI is InChI=1S/C11H12N2O2/c1-7(2)13-9-6-4-3-5-8(9)12-10(14)11(13)15/h3-7H,1-2H3,(H,12,14). The molecule has 0 fully saturated rings. The number of fused-ring (bicyclic) bond motifs is 1. The van der Waals surface area contributed by atoms with Gasteiger partial charge in [0.25, 0.3) is 0 Å². The molecule has 4 nitrogen and oxygen atoms in total. The number of aromatic amines is 1. The van der Waals surface area contributed by atoms with Crippen molar-refractivity contribution in [3.63, 3.8) is 0 Å². The Labute approximate surface area is 86.2 Å². The quantitative estimate of drug-likeness (QED) is 0.711. The van der Waals surface area contributed by atoms with Crippen molar-refractivity contribution in [2.75, 3.05) is 0 Å². The lowest BCUT2D eigenvalue weighted by Gasteiger charge is -2.12. The minimum Gasteiger partial charge on any atom is -0.316 e. The smallest absolute Gasteiger partial charge is 0.316 e. The third kappa shape index (κ3) is 1.48. The summed E-state index contributed by atoms with van der Waals surface area (Å²) in [5, 5.41) is 0. The average molecular weight is 204 g/mol. The van der Waals surface area contributed by atoms with E-state index in [9.17, 15) is 9.59 Å². The van der Waals surface area contributed by atoms with E-state index in [4.69, 9.17) is 0 Å². The van der Waals surface area contributed by atoms with Gasteiger partial charge in [0.1, 0.15) is 0 Å². The maximum atomic E-state index is 11.6. The van der Waals surface area contributed by atoms with Crippen LogP contribution in [-0.4, -0.2) is 9.55 Å². The number of nitrogens with zero attached hydrogens (tertiary/aromatic N) is 1. The zero-order chi connectivity index (χ0) is 11.0. The topological polar surface area (TPSA) is 54.9 Å². The van der Waals surface area contributed by atoms with Gasteiger partial charge in [-0.05, 0) is 26.0 Å². The van der Waals surface area contributed by atoms with E-state index < -0.39 is 11.1 Å². The SMILES string of the molecule is CC(C)n1c(=O)c(=O)[nH]c2ccccc21. The molecule has 1 aromatic heterocycles. The summed E-state index contributed by atoms with van der Waals surface area (Å²) < 4.78 is 1.51. The van der Waals surface area contributed by atoms with Crippen LogP contribution in [0, 0.1) is 0 Å². The number of rotatable bonds is 1. The summed E-state index contributed by atoms with van der Waals surface area (Å²) in [5.41, 5.74) is 0.388. The van der Waals surface area contributed by atoms with Crippen LogP contribution in [0.2, 0.25) is 0 Å². The van der Waals surface area contributed by atoms with Crippen LogP contribution in [0.1, 0.15) is 19.9 Å². The summed E-state index contributed by atoms with van der Waals surface area (Å²) in [6, 6.07) is 7.26. The molecule has 1 heterocycles. The van der Waals surface area contributed by atoms with E-state index in [1.54, 1.807) is 6.07 Å². The normalized spacial score (nSPS) is 11.1. The Hall–Kier alpha value is -1.84. The van der Waals surface area contributed by atoms with E-state index in [2.05, 4.69) is 4.98 Å². The van der Waals surface area contributed by atoms with Gasteiger partial charge in [-0.25, -0.2) is 0 Å². The maximum Gasteiger partial charge on any atom is 0.316 e. The average Bonchev–Trinajstić information content (AvgIpc) is 2.19. The minimum absolute atomic E-state index is 0.0234. The number of aromatic nitrogens is 2. The van der Waals surface area contributed by atoms with Crippen molar-refractivity contribution in [3.8, 4) is 0 Å². The molecule has 0 saturated heterocycles. The highest BCUT2D eigenvalue weighted by Crippen LogP contribution is 2.11. The molecule has 2 rings (SSSR count). The third-order valence-electron chi connectivity index (χ3n) is 2.34. The second-order valence-electron chi connectivity index (χ2n) is 3.74. The number of hydrogen-bond acceptors (Lipinski definition) is 2. The zero-order valence-electron chi connectivity index (χ0n) is 8.65. The van der Waals surface area contributed by atoms with Crippen LogP contribution >= 0.6 is 0 Å². The fraction of sp³-hybridized carbons (Fsp3) is 0.273. The van der Waals surface area contributed by atoms with Crippen LogP contribution in [-0.2, 0) is 0 Å². The molecule has 0 aliphatic carbocycles. The molecule has 4 heteroatoms. The molecule has 0 atom stereocenters. The van der Waals surface area contributed by atoms with Crippen molar-refractivity contribution in [3.05, 3.63) is 45.0 Å². The van der Waals surface area contributed by atoms with Gasteiger partial charge in [-0.15, -0.1) is 0 Å². The predicted octanol–water partition coefficient (Wildman–Crippen LogP) is 1.27. The number of para-hydroxylation sites is 2. The van der Waals surface area contributed by atoms with E-state index in [-0.39, 0.29) is 6.04 Å². The largest absolute Gasteiger partial charge is 0.316 e. The fourth-order valence-electron chi connectivity index (χ4n) is 1.70. The lowest BCUT2D eigenvalue weighted by atomic mass is 10.2. The van der Waals surface area contributed by atoms with Gasteiger partial charge < -0.3 is 4.98 Å². The molecule has 1 aromatic carbocycles. The zero-order valence-corrected chi connectivity index (χ0v) is 8.65. The van der Waals surface area contributed by atoms with Gasteiger partial charge in [0.2, 0.25) is 0 Å². The third-order valence-corrected chi connectivity index (χ3v) is 2.34. The first-order valence-corrected chi connectivity index (χ1v) is 4.85. The van der Waals surface area contributed by atoms with Crippen molar-refractivity contribution in [2.24, 2.45) is 0 Å². The molecule has 0 unspecified atom stereocenters. The molecule has 0 bridgehead atoms. The molecule has 2 aromatic rings. The molecular formula is C11H12N2O2. The van der Waals surface area contributed by atoms with Gasteiger partial charge in [-0.1, -0.05) is 12.1 Å². The summed E-state index contributed by atoms with van der Waals surface area (Å²) in [7, 11) is 0.